The Labute approximate surface area is 119 Å². The van der Waals surface area contributed by atoms with Crippen molar-refractivity contribution in [2.75, 3.05) is 0 Å². The minimum Gasteiger partial charge on any atom is -0.481 e. The van der Waals surface area contributed by atoms with Gasteiger partial charge in [-0.05, 0) is 0 Å². The molecule has 0 saturated carbocycles. The summed E-state index contributed by atoms with van der Waals surface area (Å²) >= 11 is 0. The van der Waals surface area contributed by atoms with Gasteiger partial charge in [-0.2, -0.15) is 4.98 Å². The third-order valence-corrected chi connectivity index (χ3v) is 3.29. The van der Waals surface area contributed by atoms with Gasteiger partial charge in [0.2, 0.25) is 11.7 Å². The Morgan fingerprint density at radius 3 is 2.76 bits per heavy atom. The van der Waals surface area contributed by atoms with Crippen LogP contribution >= 0.6 is 0 Å². The van der Waals surface area contributed by atoms with Gasteiger partial charge < -0.3 is 9.63 Å². The van der Waals surface area contributed by atoms with Crippen molar-refractivity contribution >= 4 is 11.7 Å². The average Bonchev–Trinajstić information content (AvgIpc) is 2.95. The maximum atomic E-state index is 10.9. The van der Waals surface area contributed by atoms with Gasteiger partial charge in [0, 0.05) is 23.6 Å². The van der Waals surface area contributed by atoms with Crippen LogP contribution in [0.2, 0.25) is 0 Å². The van der Waals surface area contributed by atoms with Crippen LogP contribution in [-0.4, -0.2) is 26.1 Å². The van der Waals surface area contributed by atoms with E-state index in [4.69, 9.17) is 9.63 Å². The second-order valence-corrected chi connectivity index (χ2v) is 4.68. The summed E-state index contributed by atoms with van der Waals surface area (Å²) in [6.45, 7) is 3.22. The number of hydrogen-bond donors (Lipinski definition) is 1. The van der Waals surface area contributed by atoms with Crippen molar-refractivity contribution in [3.05, 3.63) is 40.3 Å². The van der Waals surface area contributed by atoms with Crippen molar-refractivity contribution in [2.45, 2.75) is 19.8 Å². The molecule has 0 spiro atoms. The molecule has 2 rings (SSSR count). The molecule has 2 aromatic rings. The summed E-state index contributed by atoms with van der Waals surface area (Å²) in [5.41, 5.74) is 0.361. The van der Waals surface area contributed by atoms with Crippen LogP contribution in [0.3, 0.4) is 0 Å². The van der Waals surface area contributed by atoms with E-state index in [1.807, 2.05) is 0 Å². The van der Waals surface area contributed by atoms with Gasteiger partial charge in [-0.25, -0.2) is 0 Å². The van der Waals surface area contributed by atoms with Gasteiger partial charge in [0.15, 0.2) is 0 Å². The van der Waals surface area contributed by atoms with E-state index in [9.17, 15) is 14.9 Å². The molecule has 2 unspecified atom stereocenters. The lowest BCUT2D eigenvalue weighted by Crippen LogP contribution is -2.16. The predicted molar refractivity (Wildman–Crippen MR) is 71.6 cm³/mol. The number of nitro benzene ring substituents is 1. The van der Waals surface area contributed by atoms with Crippen LogP contribution in [-0.2, 0) is 4.79 Å². The van der Waals surface area contributed by atoms with Gasteiger partial charge in [-0.1, -0.05) is 31.1 Å². The lowest BCUT2D eigenvalue weighted by Gasteiger charge is -2.10. The quantitative estimate of drug-likeness (QED) is 0.663. The number of hydrogen-bond acceptors (Lipinski definition) is 6. The Balaban J connectivity index is 2.30. The van der Waals surface area contributed by atoms with Crippen molar-refractivity contribution in [3.8, 4) is 11.4 Å². The van der Waals surface area contributed by atoms with Crippen LogP contribution in [0, 0.1) is 16.0 Å². The zero-order valence-electron chi connectivity index (χ0n) is 11.4. The molecular weight excluding hydrogens is 278 g/mol. The molecule has 0 aliphatic heterocycles. The summed E-state index contributed by atoms with van der Waals surface area (Å²) in [5.74, 6) is -1.71. The topological polar surface area (TPSA) is 119 Å². The fourth-order valence-electron chi connectivity index (χ4n) is 1.72. The highest BCUT2D eigenvalue weighted by Gasteiger charge is 2.26. The van der Waals surface area contributed by atoms with Crippen LogP contribution in [0.25, 0.3) is 11.4 Å². The molecule has 0 amide bonds. The molecule has 110 valence electrons. The lowest BCUT2D eigenvalue weighted by atomic mass is 9.96. The van der Waals surface area contributed by atoms with E-state index in [1.165, 1.54) is 18.2 Å². The number of benzene rings is 1. The minimum atomic E-state index is -0.961. The van der Waals surface area contributed by atoms with E-state index in [0.717, 1.165) is 0 Å². The zero-order valence-corrected chi connectivity index (χ0v) is 11.4. The molecule has 8 heteroatoms. The second-order valence-electron chi connectivity index (χ2n) is 4.68. The fourth-order valence-corrected chi connectivity index (χ4v) is 1.72. The Morgan fingerprint density at radius 1 is 1.43 bits per heavy atom. The van der Waals surface area contributed by atoms with Crippen molar-refractivity contribution in [3.63, 3.8) is 0 Å². The third-order valence-electron chi connectivity index (χ3n) is 3.29. The van der Waals surface area contributed by atoms with Gasteiger partial charge in [0.05, 0.1) is 10.8 Å². The molecule has 2 atom stereocenters. The molecule has 1 heterocycles. The van der Waals surface area contributed by atoms with E-state index >= 15 is 0 Å². The Morgan fingerprint density at radius 2 is 2.14 bits per heavy atom. The van der Waals surface area contributed by atoms with E-state index < -0.39 is 22.7 Å². The van der Waals surface area contributed by atoms with E-state index in [1.54, 1.807) is 19.9 Å². The summed E-state index contributed by atoms with van der Waals surface area (Å²) in [5, 5.41) is 23.5. The van der Waals surface area contributed by atoms with Crippen LogP contribution in [0.4, 0.5) is 5.69 Å². The van der Waals surface area contributed by atoms with Gasteiger partial charge in [0.25, 0.3) is 5.69 Å². The van der Waals surface area contributed by atoms with Gasteiger partial charge in [-0.15, -0.1) is 0 Å². The molecule has 0 saturated heterocycles. The number of carboxylic acid groups (broad SMARTS) is 1. The first-order chi connectivity index (χ1) is 9.90. The molecule has 0 aliphatic rings. The van der Waals surface area contributed by atoms with Crippen LogP contribution < -0.4 is 0 Å². The highest BCUT2D eigenvalue weighted by Crippen LogP contribution is 2.26. The lowest BCUT2D eigenvalue weighted by molar-refractivity contribution is -0.384. The van der Waals surface area contributed by atoms with Crippen LogP contribution in [0.15, 0.2) is 28.8 Å². The van der Waals surface area contributed by atoms with Crippen molar-refractivity contribution < 1.29 is 19.3 Å². The number of rotatable bonds is 5. The van der Waals surface area contributed by atoms with Gasteiger partial charge in [-0.3, -0.25) is 14.9 Å². The Hall–Kier alpha value is -2.77. The number of nitro groups is 1. The first kappa shape index (κ1) is 14.6. The smallest absolute Gasteiger partial charge is 0.307 e. The molecule has 1 N–H and O–H groups in total. The monoisotopic (exact) mass is 291 g/mol. The largest absolute Gasteiger partial charge is 0.481 e. The second kappa shape index (κ2) is 5.70. The van der Waals surface area contributed by atoms with Gasteiger partial charge >= 0.3 is 5.97 Å². The van der Waals surface area contributed by atoms with Crippen LogP contribution in [0.5, 0.6) is 0 Å². The third kappa shape index (κ3) is 3.04. The minimum absolute atomic E-state index is 0.0780. The zero-order chi connectivity index (χ0) is 15.6. The van der Waals surface area contributed by atoms with Crippen LogP contribution in [0.1, 0.15) is 25.7 Å². The molecule has 1 aromatic heterocycles. The molecule has 0 fully saturated rings. The SMILES string of the molecule is CC(C(=O)O)C(C)c1nc(-c2cccc([N+](=O)[O-])c2)no1. The molecule has 0 bridgehead atoms. The highest BCUT2D eigenvalue weighted by atomic mass is 16.6. The fraction of sp³-hybridized carbons (Fsp3) is 0.308. The standard InChI is InChI=1S/C13H13N3O5/c1-7(8(2)13(17)18)12-14-11(15-21-12)9-4-3-5-10(6-9)16(19)20/h3-8H,1-2H3,(H,17,18). The normalized spacial score (nSPS) is 13.6. The summed E-state index contributed by atoms with van der Waals surface area (Å²) in [4.78, 5) is 25.3. The number of aromatic nitrogens is 2. The van der Waals surface area contributed by atoms with E-state index in [-0.39, 0.29) is 17.4 Å². The van der Waals surface area contributed by atoms with E-state index in [2.05, 4.69) is 10.1 Å². The molecule has 8 nitrogen and oxygen atoms in total. The summed E-state index contributed by atoms with van der Waals surface area (Å²) < 4.78 is 5.06. The number of carbonyl (C=O) groups is 1. The first-order valence-electron chi connectivity index (χ1n) is 6.21. The van der Waals surface area contributed by atoms with Crippen molar-refractivity contribution in [1.29, 1.82) is 0 Å². The van der Waals surface area contributed by atoms with Gasteiger partial charge in [0.1, 0.15) is 0 Å². The average molecular weight is 291 g/mol. The number of carboxylic acids is 1. The molecule has 21 heavy (non-hydrogen) atoms. The van der Waals surface area contributed by atoms with Crippen molar-refractivity contribution in [2.24, 2.45) is 5.92 Å². The maximum absolute atomic E-state index is 10.9. The molecular formula is C13H13N3O5. The highest BCUT2D eigenvalue weighted by molar-refractivity contribution is 5.70. The molecule has 1 aromatic carbocycles. The predicted octanol–water partition coefficient (Wildman–Crippen LogP) is 2.47. The number of nitrogens with zero attached hydrogens (tertiary/aromatic N) is 3. The molecule has 0 radical (unpaired) electrons. The maximum Gasteiger partial charge on any atom is 0.307 e. The Kier molecular flexibility index (Phi) is 3.97. The number of non-ortho nitro benzene ring substituents is 1. The summed E-state index contributed by atoms with van der Waals surface area (Å²) in [6, 6.07) is 5.83. The molecule has 0 aliphatic carbocycles. The Bertz CT molecular complexity index is 682. The summed E-state index contributed by atoms with van der Waals surface area (Å²) in [7, 11) is 0. The summed E-state index contributed by atoms with van der Waals surface area (Å²) in [6.07, 6.45) is 0. The first-order valence-corrected chi connectivity index (χ1v) is 6.21. The van der Waals surface area contributed by atoms with E-state index in [0.29, 0.717) is 5.56 Å². The number of aliphatic carboxylic acids is 1. The van der Waals surface area contributed by atoms with Crippen molar-refractivity contribution in [1.82, 2.24) is 10.1 Å².